The fraction of sp³-hybridized carbons (Fsp3) is 0.400. The van der Waals surface area contributed by atoms with Crippen LogP contribution < -0.4 is 5.43 Å². The molecule has 0 aliphatic carbocycles. The monoisotopic (exact) mass is 355 g/mol. The van der Waals surface area contributed by atoms with Gasteiger partial charge in [-0.25, -0.2) is 5.43 Å². The third-order valence-corrected chi connectivity index (χ3v) is 4.60. The average Bonchev–Trinajstić information content (AvgIpc) is 3.12. The zero-order valence-electron chi connectivity index (χ0n) is 15.7. The molecular weight excluding hydrogens is 330 g/mol. The zero-order chi connectivity index (χ0) is 18.7. The molecule has 1 aromatic carbocycles. The molecule has 1 aromatic heterocycles. The Morgan fingerprint density at radius 3 is 2.65 bits per heavy atom. The highest BCUT2D eigenvalue weighted by Gasteiger charge is 2.33. The number of nitrogens with zero attached hydrogens (tertiary/aromatic N) is 2. The van der Waals surface area contributed by atoms with E-state index in [-0.39, 0.29) is 12.3 Å². The Morgan fingerprint density at radius 2 is 1.96 bits per heavy atom. The van der Waals surface area contributed by atoms with Gasteiger partial charge in [0.25, 0.3) is 0 Å². The quantitative estimate of drug-likeness (QED) is 0.662. The van der Waals surface area contributed by atoms with Crippen LogP contribution in [0.3, 0.4) is 0 Å². The lowest BCUT2D eigenvalue weighted by Crippen LogP contribution is -2.33. The predicted octanol–water partition coefficient (Wildman–Crippen LogP) is 3.01. The van der Waals surface area contributed by atoms with E-state index >= 15 is 0 Å². The number of para-hydroxylation sites is 1. The number of nitrogens with one attached hydrogen (secondary N) is 1. The number of hydrogen-bond donors (Lipinski definition) is 1. The molecule has 1 N–H and O–H groups in total. The maximum absolute atomic E-state index is 12.0. The van der Waals surface area contributed by atoms with E-state index in [1.165, 1.54) is 5.56 Å². The van der Waals surface area contributed by atoms with Crippen LogP contribution in [0.5, 0.6) is 0 Å². The fourth-order valence-electron chi connectivity index (χ4n) is 3.27. The van der Waals surface area contributed by atoms with Crippen molar-refractivity contribution in [3.8, 4) is 5.69 Å². The normalized spacial score (nSPS) is 16.3. The molecule has 3 rings (SSSR count). The van der Waals surface area contributed by atoms with Crippen LogP contribution in [-0.2, 0) is 14.3 Å². The molecule has 26 heavy (non-hydrogen) atoms. The number of carbonyl (C=O) groups excluding carboxylic acids is 1. The minimum Gasteiger partial charge on any atom is -0.347 e. The van der Waals surface area contributed by atoms with E-state index in [4.69, 9.17) is 9.47 Å². The maximum Gasteiger partial charge on any atom is 0.245 e. The van der Waals surface area contributed by atoms with Crippen LogP contribution in [0, 0.1) is 20.8 Å². The molecule has 6 heteroatoms. The number of benzene rings is 1. The molecule has 0 spiro atoms. The largest absolute Gasteiger partial charge is 0.347 e. The molecule has 1 fully saturated rings. The van der Waals surface area contributed by atoms with Gasteiger partial charge in [-0.3, -0.25) is 4.79 Å². The van der Waals surface area contributed by atoms with Crippen molar-refractivity contribution < 1.29 is 14.3 Å². The number of amides is 1. The molecular formula is C20H25N3O3. The van der Waals surface area contributed by atoms with Gasteiger partial charge in [0, 0.05) is 22.6 Å². The first-order valence-electron chi connectivity index (χ1n) is 8.74. The Bertz CT molecular complexity index is 833. The first-order chi connectivity index (χ1) is 12.4. The van der Waals surface area contributed by atoms with Gasteiger partial charge < -0.3 is 14.0 Å². The van der Waals surface area contributed by atoms with E-state index in [0.29, 0.717) is 13.2 Å². The molecule has 1 amide bonds. The van der Waals surface area contributed by atoms with Crippen LogP contribution in [0.15, 0.2) is 35.4 Å². The lowest BCUT2D eigenvalue weighted by Gasteiger charge is -2.20. The Morgan fingerprint density at radius 1 is 1.27 bits per heavy atom. The van der Waals surface area contributed by atoms with Crippen LogP contribution in [0.2, 0.25) is 0 Å². The summed E-state index contributed by atoms with van der Waals surface area (Å²) in [5.41, 5.74) is 8.06. The van der Waals surface area contributed by atoms with Gasteiger partial charge in [0.05, 0.1) is 25.8 Å². The van der Waals surface area contributed by atoms with E-state index in [1.807, 2.05) is 19.1 Å². The second kappa shape index (κ2) is 7.43. The second-order valence-electron chi connectivity index (χ2n) is 6.75. The molecule has 0 radical (unpaired) electrons. The van der Waals surface area contributed by atoms with Crippen LogP contribution in [-0.4, -0.2) is 35.7 Å². The topological polar surface area (TPSA) is 64.9 Å². The summed E-state index contributed by atoms with van der Waals surface area (Å²) >= 11 is 0. The van der Waals surface area contributed by atoms with E-state index in [2.05, 4.69) is 47.1 Å². The molecule has 0 saturated carbocycles. The van der Waals surface area contributed by atoms with Crippen molar-refractivity contribution in [1.82, 2.24) is 9.99 Å². The van der Waals surface area contributed by atoms with Crippen molar-refractivity contribution in [2.45, 2.75) is 39.9 Å². The van der Waals surface area contributed by atoms with Crippen molar-refractivity contribution in [3.05, 3.63) is 52.8 Å². The molecule has 2 aromatic rings. The molecule has 138 valence electrons. The van der Waals surface area contributed by atoms with Gasteiger partial charge in [-0.1, -0.05) is 18.2 Å². The van der Waals surface area contributed by atoms with Crippen LogP contribution >= 0.6 is 0 Å². The van der Waals surface area contributed by atoms with Gasteiger partial charge in [0.15, 0.2) is 5.79 Å². The Labute approximate surface area is 153 Å². The highest BCUT2D eigenvalue weighted by Crippen LogP contribution is 2.23. The zero-order valence-corrected chi connectivity index (χ0v) is 15.7. The van der Waals surface area contributed by atoms with Crippen molar-refractivity contribution in [1.29, 1.82) is 0 Å². The van der Waals surface area contributed by atoms with Gasteiger partial charge in [0.1, 0.15) is 0 Å². The number of hydrogen-bond acceptors (Lipinski definition) is 4. The predicted molar refractivity (Wildman–Crippen MR) is 101 cm³/mol. The van der Waals surface area contributed by atoms with Crippen LogP contribution in [0.1, 0.15) is 35.9 Å². The first-order valence-corrected chi connectivity index (χ1v) is 8.74. The summed E-state index contributed by atoms with van der Waals surface area (Å²) in [6, 6.07) is 10.3. The van der Waals surface area contributed by atoms with E-state index in [9.17, 15) is 4.79 Å². The molecule has 1 aliphatic heterocycles. The molecule has 0 bridgehead atoms. The Hall–Kier alpha value is -2.44. The Balaban J connectivity index is 1.71. The number of hydrazone groups is 1. The maximum atomic E-state index is 12.0. The van der Waals surface area contributed by atoms with Gasteiger partial charge in [-0.05, 0) is 45.4 Å². The average molecular weight is 355 g/mol. The van der Waals surface area contributed by atoms with Gasteiger partial charge in [-0.2, -0.15) is 5.10 Å². The summed E-state index contributed by atoms with van der Waals surface area (Å²) < 4.78 is 13.1. The molecule has 0 atom stereocenters. The smallest absolute Gasteiger partial charge is 0.245 e. The van der Waals surface area contributed by atoms with Crippen molar-refractivity contribution >= 4 is 12.1 Å². The third-order valence-electron chi connectivity index (χ3n) is 4.60. The van der Waals surface area contributed by atoms with Gasteiger partial charge in [-0.15, -0.1) is 0 Å². The summed E-state index contributed by atoms with van der Waals surface area (Å²) in [5.74, 6) is -1.08. The summed E-state index contributed by atoms with van der Waals surface area (Å²) in [5, 5.41) is 4.10. The summed E-state index contributed by atoms with van der Waals surface area (Å²) in [4.78, 5) is 12.0. The number of rotatable bonds is 5. The summed E-state index contributed by atoms with van der Waals surface area (Å²) in [6.45, 7) is 8.99. The van der Waals surface area contributed by atoms with Crippen molar-refractivity contribution in [3.63, 3.8) is 0 Å². The van der Waals surface area contributed by atoms with Crippen molar-refractivity contribution in [2.75, 3.05) is 13.2 Å². The SMILES string of the molecule is Cc1ccccc1-n1c(C)cc(/C=N\NC(=O)CC2(C)OCCO2)c1C. The number of aryl methyl sites for hydroxylation is 2. The van der Waals surface area contributed by atoms with Crippen molar-refractivity contribution in [2.24, 2.45) is 5.10 Å². The highest BCUT2D eigenvalue weighted by atomic mass is 16.7. The van der Waals surface area contributed by atoms with Crippen LogP contribution in [0.4, 0.5) is 0 Å². The molecule has 2 heterocycles. The third kappa shape index (κ3) is 3.86. The lowest BCUT2D eigenvalue weighted by molar-refractivity contribution is -0.159. The molecule has 6 nitrogen and oxygen atoms in total. The second-order valence-corrected chi connectivity index (χ2v) is 6.75. The molecule has 1 saturated heterocycles. The fourth-order valence-corrected chi connectivity index (χ4v) is 3.27. The lowest BCUT2D eigenvalue weighted by atomic mass is 10.2. The van der Waals surface area contributed by atoms with Gasteiger partial charge >= 0.3 is 0 Å². The van der Waals surface area contributed by atoms with E-state index in [0.717, 1.165) is 22.6 Å². The minimum atomic E-state index is -0.847. The Kier molecular flexibility index (Phi) is 5.25. The van der Waals surface area contributed by atoms with Gasteiger partial charge in [0.2, 0.25) is 5.91 Å². The number of carbonyl (C=O) groups is 1. The van der Waals surface area contributed by atoms with E-state index < -0.39 is 5.79 Å². The molecule has 1 aliphatic rings. The standard InChI is InChI=1S/C20H25N3O3/c1-14-7-5-6-8-18(14)23-15(2)11-17(16(23)3)13-21-22-19(24)12-20(4)25-9-10-26-20/h5-8,11,13H,9-10,12H2,1-4H3,(H,22,24)/b21-13-. The number of aromatic nitrogens is 1. The first kappa shape index (κ1) is 18.4. The number of ether oxygens (including phenoxy) is 2. The summed E-state index contributed by atoms with van der Waals surface area (Å²) in [7, 11) is 0. The summed E-state index contributed by atoms with van der Waals surface area (Å²) in [6.07, 6.45) is 1.79. The van der Waals surface area contributed by atoms with Crippen LogP contribution in [0.25, 0.3) is 5.69 Å². The highest BCUT2D eigenvalue weighted by molar-refractivity contribution is 5.84. The van der Waals surface area contributed by atoms with E-state index in [1.54, 1.807) is 13.1 Å². The molecule has 0 unspecified atom stereocenters. The minimum absolute atomic E-state index is 0.118.